The van der Waals surface area contributed by atoms with Gasteiger partial charge in [0.25, 0.3) is 5.91 Å². The highest BCUT2D eigenvalue weighted by Gasteiger charge is 2.25. The van der Waals surface area contributed by atoms with E-state index in [0.717, 1.165) is 25.0 Å². The molecule has 1 atom stereocenters. The summed E-state index contributed by atoms with van der Waals surface area (Å²) in [5.74, 6) is 2.46. The fourth-order valence-electron chi connectivity index (χ4n) is 3.89. The third-order valence-corrected chi connectivity index (χ3v) is 5.66. The molecule has 1 aromatic heterocycles. The van der Waals surface area contributed by atoms with Crippen LogP contribution in [-0.4, -0.2) is 56.5 Å². The van der Waals surface area contributed by atoms with Crippen molar-refractivity contribution in [1.82, 2.24) is 10.1 Å². The van der Waals surface area contributed by atoms with E-state index in [1.165, 1.54) is 0 Å². The largest absolute Gasteiger partial charge is 0.497 e. The van der Waals surface area contributed by atoms with Gasteiger partial charge in [-0.15, -0.1) is 0 Å². The monoisotopic (exact) mass is 452 g/mol. The summed E-state index contributed by atoms with van der Waals surface area (Å²) in [6, 6.07) is 14.4. The molecule has 0 saturated carbocycles. The quantitative estimate of drug-likeness (QED) is 0.481. The lowest BCUT2D eigenvalue weighted by atomic mass is 10.1. The Morgan fingerprint density at radius 3 is 2.45 bits per heavy atom. The first kappa shape index (κ1) is 22.7. The molecule has 1 saturated heterocycles. The fourth-order valence-corrected chi connectivity index (χ4v) is 3.89. The Bertz CT molecular complexity index is 1070. The molecule has 8 heteroatoms. The maximum Gasteiger partial charge on any atom is 0.254 e. The molecule has 2 heterocycles. The number of amides is 1. The predicted molar refractivity (Wildman–Crippen MR) is 122 cm³/mol. The molecule has 1 amide bonds. The summed E-state index contributed by atoms with van der Waals surface area (Å²) in [4.78, 5) is 15.1. The number of hydrogen-bond donors (Lipinski definition) is 0. The number of methoxy groups -OCH3 is 3. The van der Waals surface area contributed by atoms with E-state index < -0.39 is 0 Å². The minimum Gasteiger partial charge on any atom is -0.497 e. The van der Waals surface area contributed by atoms with E-state index in [0.29, 0.717) is 47.4 Å². The van der Waals surface area contributed by atoms with Crippen molar-refractivity contribution in [3.05, 3.63) is 59.8 Å². The Labute approximate surface area is 193 Å². The van der Waals surface area contributed by atoms with Gasteiger partial charge in [-0.25, -0.2) is 0 Å². The normalized spacial score (nSPS) is 15.3. The van der Waals surface area contributed by atoms with Crippen molar-refractivity contribution in [2.24, 2.45) is 0 Å². The van der Waals surface area contributed by atoms with Crippen molar-refractivity contribution in [3.63, 3.8) is 0 Å². The van der Waals surface area contributed by atoms with Crippen molar-refractivity contribution in [3.8, 4) is 28.6 Å². The highest BCUT2D eigenvalue weighted by Crippen LogP contribution is 2.34. The van der Waals surface area contributed by atoms with Crippen LogP contribution >= 0.6 is 0 Å². The van der Waals surface area contributed by atoms with Crippen LogP contribution in [0.5, 0.6) is 17.2 Å². The average molecular weight is 453 g/mol. The number of rotatable bonds is 9. The van der Waals surface area contributed by atoms with Crippen molar-refractivity contribution in [1.29, 1.82) is 0 Å². The summed E-state index contributed by atoms with van der Waals surface area (Å²) < 4.78 is 27.4. The van der Waals surface area contributed by atoms with Gasteiger partial charge < -0.3 is 28.4 Å². The zero-order valence-electron chi connectivity index (χ0n) is 19.1. The van der Waals surface area contributed by atoms with Crippen molar-refractivity contribution >= 4 is 5.91 Å². The molecule has 174 valence electrons. The number of nitrogens with zero attached hydrogens (tertiary/aromatic N) is 2. The van der Waals surface area contributed by atoms with Crippen LogP contribution in [0.2, 0.25) is 0 Å². The van der Waals surface area contributed by atoms with Crippen LogP contribution in [0.1, 0.15) is 28.9 Å². The van der Waals surface area contributed by atoms with E-state index in [4.69, 9.17) is 23.5 Å². The molecule has 8 nitrogen and oxygen atoms in total. The maximum atomic E-state index is 13.3. The van der Waals surface area contributed by atoms with Crippen LogP contribution in [0.3, 0.4) is 0 Å². The van der Waals surface area contributed by atoms with E-state index in [9.17, 15) is 4.79 Å². The first-order chi connectivity index (χ1) is 16.1. The molecule has 3 aromatic rings. The highest BCUT2D eigenvalue weighted by atomic mass is 16.5. The molecule has 4 rings (SSSR count). The van der Waals surface area contributed by atoms with E-state index >= 15 is 0 Å². The number of hydrogen-bond acceptors (Lipinski definition) is 7. The Morgan fingerprint density at radius 2 is 1.79 bits per heavy atom. The standard InChI is InChI=1S/C25H28N2O6/c1-29-19-8-6-17(7-9-19)25(28)27(16-21-5-4-12-32-21)15-18-13-24(33-26-18)22-14-20(30-2)10-11-23(22)31-3/h6-11,13-14,21H,4-5,12,15-16H2,1-3H3/t21-/m1/s1. The molecule has 0 spiro atoms. The Balaban J connectivity index is 1.57. The molecular weight excluding hydrogens is 424 g/mol. The molecule has 1 aliphatic rings. The van der Waals surface area contributed by atoms with Gasteiger partial charge >= 0.3 is 0 Å². The van der Waals surface area contributed by atoms with Crippen LogP contribution < -0.4 is 14.2 Å². The second-order valence-electron chi connectivity index (χ2n) is 7.80. The molecule has 0 bridgehead atoms. The second kappa shape index (κ2) is 10.4. The summed E-state index contributed by atoms with van der Waals surface area (Å²) >= 11 is 0. The van der Waals surface area contributed by atoms with Gasteiger partial charge in [0.15, 0.2) is 5.76 Å². The van der Waals surface area contributed by atoms with Gasteiger partial charge in [-0.05, 0) is 55.3 Å². The molecule has 1 fully saturated rings. The molecule has 0 radical (unpaired) electrons. The zero-order chi connectivity index (χ0) is 23.2. The van der Waals surface area contributed by atoms with Gasteiger partial charge in [-0.2, -0.15) is 0 Å². The number of carbonyl (C=O) groups excluding carboxylic acids is 1. The van der Waals surface area contributed by atoms with E-state index in [-0.39, 0.29) is 12.0 Å². The number of aromatic nitrogens is 1. The third kappa shape index (κ3) is 5.28. The van der Waals surface area contributed by atoms with E-state index in [1.54, 1.807) is 50.5 Å². The molecular formula is C25H28N2O6. The fraction of sp³-hybridized carbons (Fsp3) is 0.360. The first-order valence-electron chi connectivity index (χ1n) is 10.8. The van der Waals surface area contributed by atoms with Crippen LogP contribution in [-0.2, 0) is 11.3 Å². The van der Waals surface area contributed by atoms with E-state index in [2.05, 4.69) is 5.16 Å². The van der Waals surface area contributed by atoms with Crippen LogP contribution in [0.25, 0.3) is 11.3 Å². The second-order valence-corrected chi connectivity index (χ2v) is 7.80. The van der Waals surface area contributed by atoms with Gasteiger partial charge in [-0.1, -0.05) is 5.16 Å². The summed E-state index contributed by atoms with van der Waals surface area (Å²) in [6.45, 7) is 1.50. The van der Waals surface area contributed by atoms with Crippen LogP contribution in [0, 0.1) is 0 Å². The number of benzene rings is 2. The molecule has 0 N–H and O–H groups in total. The molecule has 33 heavy (non-hydrogen) atoms. The third-order valence-electron chi connectivity index (χ3n) is 5.66. The molecule has 0 unspecified atom stereocenters. The minimum atomic E-state index is -0.100. The Morgan fingerprint density at radius 1 is 1.03 bits per heavy atom. The minimum absolute atomic E-state index is 0.0112. The molecule has 1 aliphatic heterocycles. The topological polar surface area (TPSA) is 83.3 Å². The van der Waals surface area contributed by atoms with Crippen molar-refractivity contribution in [2.75, 3.05) is 34.5 Å². The van der Waals surface area contributed by atoms with Crippen molar-refractivity contribution in [2.45, 2.75) is 25.5 Å². The van der Waals surface area contributed by atoms with Gasteiger partial charge in [0, 0.05) is 24.8 Å². The summed E-state index contributed by atoms with van der Waals surface area (Å²) in [5.41, 5.74) is 1.93. The predicted octanol–water partition coefficient (Wildman–Crippen LogP) is 4.19. The first-order valence-corrected chi connectivity index (χ1v) is 10.8. The SMILES string of the molecule is COc1ccc(C(=O)N(Cc2cc(-c3cc(OC)ccc3OC)on2)C[C@H]2CCCO2)cc1. The average Bonchev–Trinajstić information content (AvgIpc) is 3.55. The summed E-state index contributed by atoms with van der Waals surface area (Å²) in [6.07, 6.45) is 1.94. The van der Waals surface area contributed by atoms with Gasteiger partial charge in [-0.3, -0.25) is 4.79 Å². The zero-order valence-corrected chi connectivity index (χ0v) is 19.1. The van der Waals surface area contributed by atoms with Gasteiger partial charge in [0.1, 0.15) is 22.9 Å². The van der Waals surface area contributed by atoms with Crippen LogP contribution in [0.15, 0.2) is 53.1 Å². The lowest BCUT2D eigenvalue weighted by Gasteiger charge is -2.24. The lowest BCUT2D eigenvalue weighted by molar-refractivity contribution is 0.0502. The lowest BCUT2D eigenvalue weighted by Crippen LogP contribution is -2.37. The molecule has 2 aromatic carbocycles. The number of carbonyl (C=O) groups is 1. The summed E-state index contributed by atoms with van der Waals surface area (Å²) in [5, 5.41) is 4.22. The molecule has 0 aliphatic carbocycles. The van der Waals surface area contributed by atoms with Gasteiger partial charge in [0.05, 0.1) is 39.5 Å². The van der Waals surface area contributed by atoms with E-state index in [1.807, 2.05) is 24.3 Å². The Kier molecular flexibility index (Phi) is 7.14. The van der Waals surface area contributed by atoms with Crippen molar-refractivity contribution < 1.29 is 28.3 Å². The Hall–Kier alpha value is -3.52. The number of ether oxygens (including phenoxy) is 4. The highest BCUT2D eigenvalue weighted by molar-refractivity contribution is 5.94. The van der Waals surface area contributed by atoms with Gasteiger partial charge in [0.2, 0.25) is 0 Å². The van der Waals surface area contributed by atoms with Crippen LogP contribution in [0.4, 0.5) is 0 Å². The maximum absolute atomic E-state index is 13.3. The smallest absolute Gasteiger partial charge is 0.254 e. The summed E-state index contributed by atoms with van der Waals surface area (Å²) in [7, 11) is 4.80.